The first-order chi connectivity index (χ1) is 16.5. The molecule has 1 fully saturated rings. The van der Waals surface area contributed by atoms with E-state index in [1.165, 1.54) is 22.5 Å². The average molecular weight is 455 g/mol. The summed E-state index contributed by atoms with van der Waals surface area (Å²) in [5.74, 6) is 1.95. The van der Waals surface area contributed by atoms with Crippen molar-refractivity contribution in [3.05, 3.63) is 90.6 Å². The molecule has 1 saturated heterocycles. The van der Waals surface area contributed by atoms with Crippen molar-refractivity contribution in [2.24, 2.45) is 5.92 Å². The molecule has 0 amide bonds. The molecule has 2 aliphatic rings. The number of nitrogens with one attached hydrogen (secondary N) is 2. The second kappa shape index (κ2) is 9.47. The van der Waals surface area contributed by atoms with Crippen LogP contribution in [0.3, 0.4) is 0 Å². The molecule has 2 atom stereocenters. The molecule has 0 radical (unpaired) electrons. The molecule has 1 aliphatic carbocycles. The lowest BCUT2D eigenvalue weighted by Gasteiger charge is -2.33. The number of nitrogens with zero attached hydrogens (tertiary/aromatic N) is 4. The minimum absolute atomic E-state index is 0.233. The van der Waals surface area contributed by atoms with E-state index in [-0.39, 0.29) is 6.04 Å². The summed E-state index contributed by atoms with van der Waals surface area (Å²) >= 11 is 0. The van der Waals surface area contributed by atoms with Crippen molar-refractivity contribution >= 4 is 5.57 Å². The van der Waals surface area contributed by atoms with E-state index in [2.05, 4.69) is 94.9 Å². The Morgan fingerprint density at radius 2 is 1.97 bits per heavy atom. The topological polar surface area (TPSA) is 63.8 Å². The Hall–Kier alpha value is -3.38. The third-order valence-corrected chi connectivity index (χ3v) is 6.81. The number of hydrazine groups is 1. The highest BCUT2D eigenvalue weighted by Crippen LogP contribution is 2.36. The molecule has 1 aromatic carbocycles. The summed E-state index contributed by atoms with van der Waals surface area (Å²) in [4.78, 5) is 15.7. The third-order valence-electron chi connectivity index (χ3n) is 6.81. The maximum absolute atomic E-state index is 4.80. The van der Waals surface area contributed by atoms with E-state index in [9.17, 15) is 0 Å². The lowest BCUT2D eigenvalue weighted by molar-refractivity contribution is 0.0536. The number of imidazole rings is 2. The molecule has 3 aromatic rings. The Bertz CT molecular complexity index is 1180. The van der Waals surface area contributed by atoms with Gasteiger partial charge in [0.15, 0.2) is 0 Å². The van der Waals surface area contributed by atoms with E-state index in [1.54, 1.807) is 6.33 Å². The molecule has 0 spiro atoms. The predicted molar refractivity (Wildman–Crippen MR) is 138 cm³/mol. The van der Waals surface area contributed by atoms with Gasteiger partial charge in [-0.3, -0.25) is 0 Å². The number of allylic oxidation sites excluding steroid dienone is 5. The van der Waals surface area contributed by atoms with Crippen molar-refractivity contribution in [2.45, 2.75) is 45.1 Å². The van der Waals surface area contributed by atoms with Crippen LogP contribution in [0.15, 0.2) is 73.5 Å². The SMILES string of the molecule is C=C(CC(C)C)N1[C@H](c2ncc(C3C=CC(c4ccc(-c5cnc[nH]5)cc4)=CC3)[nH]2)CCN1C. The summed E-state index contributed by atoms with van der Waals surface area (Å²) in [6.45, 7) is 9.88. The van der Waals surface area contributed by atoms with Gasteiger partial charge in [0, 0.05) is 37.1 Å². The first-order valence-electron chi connectivity index (χ1n) is 12.2. The Morgan fingerprint density at radius 1 is 1.18 bits per heavy atom. The number of hydrogen-bond acceptors (Lipinski definition) is 4. The molecule has 0 saturated carbocycles. The molecule has 3 heterocycles. The van der Waals surface area contributed by atoms with E-state index in [0.717, 1.165) is 42.9 Å². The number of aromatic nitrogens is 4. The zero-order valence-electron chi connectivity index (χ0n) is 20.3. The highest BCUT2D eigenvalue weighted by Gasteiger charge is 2.33. The Morgan fingerprint density at radius 3 is 2.65 bits per heavy atom. The van der Waals surface area contributed by atoms with Gasteiger partial charge < -0.3 is 15.0 Å². The van der Waals surface area contributed by atoms with Crippen LogP contribution in [0.1, 0.15) is 62.2 Å². The van der Waals surface area contributed by atoms with Crippen molar-refractivity contribution in [1.82, 2.24) is 30.0 Å². The zero-order valence-corrected chi connectivity index (χ0v) is 20.3. The fourth-order valence-corrected chi connectivity index (χ4v) is 5.09. The van der Waals surface area contributed by atoms with Crippen molar-refractivity contribution in [3.8, 4) is 11.3 Å². The minimum atomic E-state index is 0.233. The molecule has 1 unspecified atom stereocenters. The summed E-state index contributed by atoms with van der Waals surface area (Å²) in [6, 6.07) is 8.87. The largest absolute Gasteiger partial charge is 0.345 e. The molecule has 176 valence electrons. The Kier molecular flexibility index (Phi) is 6.24. The summed E-state index contributed by atoms with van der Waals surface area (Å²) in [5.41, 5.74) is 7.03. The maximum atomic E-state index is 4.80. The van der Waals surface area contributed by atoms with Crippen LogP contribution in [0.4, 0.5) is 0 Å². The highest BCUT2D eigenvalue weighted by molar-refractivity contribution is 5.76. The van der Waals surface area contributed by atoms with Gasteiger partial charge in [0.05, 0.1) is 18.2 Å². The van der Waals surface area contributed by atoms with Gasteiger partial charge in [0.25, 0.3) is 0 Å². The first-order valence-corrected chi connectivity index (χ1v) is 12.2. The highest BCUT2D eigenvalue weighted by atomic mass is 15.7. The van der Waals surface area contributed by atoms with Crippen LogP contribution < -0.4 is 0 Å². The van der Waals surface area contributed by atoms with Crippen molar-refractivity contribution < 1.29 is 0 Å². The predicted octanol–water partition coefficient (Wildman–Crippen LogP) is 6.08. The standard InChI is InChI=1S/C28H34N6/c1-19(2)15-20(3)34-27(13-14-33(34)4)28-30-17-26(32-28)24-11-7-22(8-12-24)21-5-9-23(10-6-21)25-16-29-18-31-25/h5-11,16-19,24,27H,3,12-15H2,1-2,4H3,(H,29,31)(H,30,32)/t24?,27-/m0/s1. The van der Waals surface area contributed by atoms with Crippen LogP contribution in [-0.4, -0.2) is 43.5 Å². The fourth-order valence-electron chi connectivity index (χ4n) is 5.09. The second-order valence-corrected chi connectivity index (χ2v) is 9.82. The van der Waals surface area contributed by atoms with Gasteiger partial charge in [-0.1, -0.05) is 62.9 Å². The van der Waals surface area contributed by atoms with E-state index in [1.807, 2.05) is 12.4 Å². The molecule has 6 nitrogen and oxygen atoms in total. The van der Waals surface area contributed by atoms with E-state index in [0.29, 0.717) is 11.8 Å². The van der Waals surface area contributed by atoms with Crippen molar-refractivity contribution in [1.29, 1.82) is 0 Å². The second-order valence-electron chi connectivity index (χ2n) is 9.82. The van der Waals surface area contributed by atoms with E-state index >= 15 is 0 Å². The van der Waals surface area contributed by atoms with Crippen molar-refractivity contribution in [3.63, 3.8) is 0 Å². The van der Waals surface area contributed by atoms with Gasteiger partial charge in [-0.25, -0.2) is 15.0 Å². The summed E-state index contributed by atoms with van der Waals surface area (Å²) in [5, 5.41) is 4.62. The van der Waals surface area contributed by atoms with Crippen molar-refractivity contribution in [2.75, 3.05) is 13.6 Å². The molecule has 6 heteroatoms. The Labute approximate surface area is 202 Å². The van der Waals surface area contributed by atoms with E-state index < -0.39 is 0 Å². The summed E-state index contributed by atoms with van der Waals surface area (Å²) in [7, 11) is 2.15. The van der Waals surface area contributed by atoms with Gasteiger partial charge in [0.1, 0.15) is 11.9 Å². The molecule has 0 bridgehead atoms. The monoisotopic (exact) mass is 454 g/mol. The van der Waals surface area contributed by atoms with Crippen LogP contribution in [0.5, 0.6) is 0 Å². The number of hydrogen-bond donors (Lipinski definition) is 2. The van der Waals surface area contributed by atoms with Gasteiger partial charge in [-0.2, -0.15) is 0 Å². The molecule has 1 aliphatic heterocycles. The molecule has 2 N–H and O–H groups in total. The molecule has 5 rings (SSSR count). The van der Waals surface area contributed by atoms with Crippen LogP contribution in [0, 0.1) is 5.92 Å². The molecular formula is C28H34N6. The number of aromatic amines is 2. The Balaban J connectivity index is 1.26. The summed E-state index contributed by atoms with van der Waals surface area (Å²) < 4.78 is 0. The van der Waals surface area contributed by atoms with Crippen LogP contribution in [-0.2, 0) is 0 Å². The van der Waals surface area contributed by atoms with E-state index in [4.69, 9.17) is 4.98 Å². The van der Waals surface area contributed by atoms with Gasteiger partial charge in [-0.15, -0.1) is 0 Å². The van der Waals surface area contributed by atoms with Crippen LogP contribution >= 0.6 is 0 Å². The summed E-state index contributed by atoms with van der Waals surface area (Å²) in [6.07, 6.45) is 15.5. The maximum Gasteiger partial charge on any atom is 0.130 e. The quantitative estimate of drug-likeness (QED) is 0.454. The fraction of sp³-hybridized carbons (Fsp3) is 0.357. The third kappa shape index (κ3) is 4.50. The first kappa shape index (κ1) is 22.4. The zero-order chi connectivity index (χ0) is 23.7. The minimum Gasteiger partial charge on any atom is -0.345 e. The molecule has 34 heavy (non-hydrogen) atoms. The average Bonchev–Trinajstić information content (AvgIpc) is 3.60. The van der Waals surface area contributed by atoms with Gasteiger partial charge in [0.2, 0.25) is 0 Å². The van der Waals surface area contributed by atoms with Crippen LogP contribution in [0.2, 0.25) is 0 Å². The smallest absolute Gasteiger partial charge is 0.130 e. The molecule has 2 aromatic heterocycles. The lowest BCUT2D eigenvalue weighted by atomic mass is 9.91. The van der Waals surface area contributed by atoms with Crippen LogP contribution in [0.25, 0.3) is 16.8 Å². The lowest BCUT2D eigenvalue weighted by Crippen LogP contribution is -2.34. The number of H-pyrrole nitrogens is 2. The molecular weight excluding hydrogens is 420 g/mol. The number of benzene rings is 1. The normalized spacial score (nSPS) is 20.8. The van der Waals surface area contributed by atoms with Gasteiger partial charge >= 0.3 is 0 Å². The van der Waals surface area contributed by atoms with Gasteiger partial charge in [-0.05, 0) is 41.9 Å². The number of rotatable bonds is 7.